The lowest BCUT2D eigenvalue weighted by Gasteiger charge is -2.43. The molecule has 3 rings (SSSR count). The highest BCUT2D eigenvalue weighted by Crippen LogP contribution is 2.36. The molecule has 0 heterocycles. The lowest BCUT2D eigenvalue weighted by molar-refractivity contribution is -0.0699. The van der Waals surface area contributed by atoms with Crippen LogP contribution in [-0.4, -0.2) is 44.0 Å². The molecule has 5 heteroatoms. The van der Waals surface area contributed by atoms with E-state index in [0.29, 0.717) is 19.6 Å². The minimum absolute atomic E-state index is 0.0798. The molecule has 0 fully saturated rings. The van der Waals surface area contributed by atoms with Gasteiger partial charge < -0.3 is 19.4 Å². The van der Waals surface area contributed by atoms with Crippen LogP contribution < -0.4 is 10.4 Å². The summed E-state index contributed by atoms with van der Waals surface area (Å²) in [6, 6.07) is 31.1. The summed E-state index contributed by atoms with van der Waals surface area (Å²) in [5, 5.41) is 22.3. The Labute approximate surface area is 205 Å². The van der Waals surface area contributed by atoms with Crippen LogP contribution in [0.25, 0.3) is 0 Å². The summed E-state index contributed by atoms with van der Waals surface area (Å²) < 4.78 is 12.9. The van der Waals surface area contributed by atoms with Crippen molar-refractivity contribution >= 4 is 18.7 Å². The molecule has 0 saturated heterocycles. The number of hydrogen-bond acceptors (Lipinski definition) is 4. The first-order valence-electron chi connectivity index (χ1n) is 12.1. The third-order valence-electron chi connectivity index (χ3n) is 6.29. The van der Waals surface area contributed by atoms with Crippen LogP contribution in [0.15, 0.2) is 91.0 Å². The van der Waals surface area contributed by atoms with Crippen LogP contribution in [0.1, 0.15) is 39.2 Å². The Balaban J connectivity index is 1.74. The maximum absolute atomic E-state index is 10.3. The minimum atomic E-state index is -2.58. The Morgan fingerprint density at radius 3 is 1.76 bits per heavy atom. The maximum Gasteiger partial charge on any atom is 0.261 e. The monoisotopic (exact) mass is 478 g/mol. The topological polar surface area (TPSA) is 58.9 Å². The molecule has 2 N–H and O–H groups in total. The smallest absolute Gasteiger partial charge is 0.261 e. The van der Waals surface area contributed by atoms with Gasteiger partial charge >= 0.3 is 0 Å². The summed E-state index contributed by atoms with van der Waals surface area (Å²) in [7, 11) is -2.58. The third-order valence-corrected chi connectivity index (χ3v) is 11.3. The van der Waals surface area contributed by atoms with E-state index in [1.165, 1.54) is 10.4 Å². The Morgan fingerprint density at radius 2 is 1.29 bits per heavy atom. The molecule has 34 heavy (non-hydrogen) atoms. The molecule has 0 aromatic heterocycles. The van der Waals surface area contributed by atoms with Gasteiger partial charge in [0.2, 0.25) is 0 Å². The maximum atomic E-state index is 10.3. The molecule has 3 aromatic rings. The van der Waals surface area contributed by atoms with Crippen molar-refractivity contribution in [1.82, 2.24) is 0 Å². The standard InChI is InChI=1S/C29H38O4Si/c1-29(2,3)34(25-16-9-5-10-17-25,26-18-11-6-12-19-26)33-21-13-20-28(27(31)22-30)32-23-24-14-7-4-8-15-24/h4-12,14-19,27-28,30-31H,13,20-23H2,1-3H3/t27-,28-/m0/s1. The van der Waals surface area contributed by atoms with Crippen LogP contribution in [0.2, 0.25) is 5.04 Å². The highest BCUT2D eigenvalue weighted by Gasteiger charge is 2.49. The second-order valence-corrected chi connectivity index (χ2v) is 14.0. The van der Waals surface area contributed by atoms with E-state index < -0.39 is 20.5 Å². The average molecular weight is 479 g/mol. The fourth-order valence-electron chi connectivity index (χ4n) is 4.55. The number of benzene rings is 3. The molecule has 0 radical (unpaired) electrons. The number of rotatable bonds is 12. The van der Waals surface area contributed by atoms with Crippen molar-refractivity contribution in [3.8, 4) is 0 Å². The Bertz CT molecular complexity index is 918. The molecule has 0 aliphatic rings. The molecule has 0 amide bonds. The van der Waals surface area contributed by atoms with E-state index in [9.17, 15) is 10.2 Å². The zero-order valence-electron chi connectivity index (χ0n) is 20.6. The van der Waals surface area contributed by atoms with Gasteiger partial charge in [-0.15, -0.1) is 0 Å². The van der Waals surface area contributed by atoms with Crippen LogP contribution >= 0.6 is 0 Å². The molecule has 0 saturated carbocycles. The van der Waals surface area contributed by atoms with E-state index in [-0.39, 0.29) is 11.6 Å². The van der Waals surface area contributed by atoms with Crippen molar-refractivity contribution in [1.29, 1.82) is 0 Å². The van der Waals surface area contributed by atoms with Crippen molar-refractivity contribution in [3.63, 3.8) is 0 Å². The molecule has 0 unspecified atom stereocenters. The normalized spacial score (nSPS) is 14.0. The summed E-state index contributed by atoms with van der Waals surface area (Å²) in [5.74, 6) is 0. The van der Waals surface area contributed by atoms with Crippen LogP contribution in [0.4, 0.5) is 0 Å². The second kappa shape index (κ2) is 12.4. The fourth-order valence-corrected chi connectivity index (χ4v) is 9.16. The number of ether oxygens (including phenoxy) is 1. The number of aliphatic hydroxyl groups is 2. The summed E-state index contributed by atoms with van der Waals surface area (Å²) in [6.45, 7) is 7.42. The number of hydrogen-bond donors (Lipinski definition) is 2. The van der Waals surface area contributed by atoms with Crippen LogP contribution in [0.5, 0.6) is 0 Å². The molecule has 182 valence electrons. The van der Waals surface area contributed by atoms with Crippen molar-refractivity contribution < 1.29 is 19.4 Å². The molecule has 3 aromatic carbocycles. The minimum Gasteiger partial charge on any atom is -0.407 e. The number of aliphatic hydroxyl groups excluding tert-OH is 2. The molecular weight excluding hydrogens is 440 g/mol. The van der Waals surface area contributed by atoms with Crippen molar-refractivity contribution in [2.24, 2.45) is 0 Å². The predicted octanol–water partition coefficient (Wildman–Crippen LogP) is 4.28. The Hall–Kier alpha value is -2.28. The largest absolute Gasteiger partial charge is 0.407 e. The molecule has 4 nitrogen and oxygen atoms in total. The second-order valence-electron chi connectivity index (χ2n) is 9.74. The first-order chi connectivity index (χ1) is 16.4. The Kier molecular flexibility index (Phi) is 9.62. The lowest BCUT2D eigenvalue weighted by Crippen LogP contribution is -2.66. The molecule has 2 atom stereocenters. The van der Waals surface area contributed by atoms with Crippen molar-refractivity contribution in [2.45, 2.75) is 57.5 Å². The van der Waals surface area contributed by atoms with Gasteiger partial charge in [0, 0.05) is 6.61 Å². The summed E-state index contributed by atoms with van der Waals surface area (Å²) in [6.07, 6.45) is -0.0436. The lowest BCUT2D eigenvalue weighted by atomic mass is 10.1. The summed E-state index contributed by atoms with van der Waals surface area (Å²) >= 11 is 0. The van der Waals surface area contributed by atoms with Gasteiger partial charge in [0.05, 0.1) is 19.3 Å². The first kappa shape index (κ1) is 26.3. The van der Waals surface area contributed by atoms with E-state index >= 15 is 0 Å². The third kappa shape index (κ3) is 6.43. The average Bonchev–Trinajstić information content (AvgIpc) is 2.86. The molecule has 0 bridgehead atoms. The van der Waals surface area contributed by atoms with Gasteiger partial charge in [-0.3, -0.25) is 0 Å². The van der Waals surface area contributed by atoms with Gasteiger partial charge in [-0.05, 0) is 33.8 Å². The van der Waals surface area contributed by atoms with Gasteiger partial charge in [-0.1, -0.05) is 112 Å². The first-order valence-corrected chi connectivity index (χ1v) is 14.0. The molecular formula is C29H38O4Si. The molecule has 0 aliphatic carbocycles. The van der Waals surface area contributed by atoms with E-state index in [1.807, 2.05) is 42.5 Å². The predicted molar refractivity (Wildman–Crippen MR) is 141 cm³/mol. The van der Waals surface area contributed by atoms with Gasteiger partial charge in [0.1, 0.15) is 6.10 Å². The Morgan fingerprint density at radius 1 is 0.794 bits per heavy atom. The van der Waals surface area contributed by atoms with E-state index in [1.54, 1.807) is 0 Å². The van der Waals surface area contributed by atoms with Gasteiger partial charge in [0.25, 0.3) is 8.32 Å². The van der Waals surface area contributed by atoms with Crippen molar-refractivity contribution in [2.75, 3.05) is 13.2 Å². The zero-order valence-corrected chi connectivity index (χ0v) is 21.6. The SMILES string of the molecule is CC(C)(C)[Si](OCCC[C@H](OCc1ccccc1)[C@@H](O)CO)(c1ccccc1)c1ccccc1. The van der Waals surface area contributed by atoms with E-state index in [0.717, 1.165) is 12.0 Å². The van der Waals surface area contributed by atoms with Gasteiger partial charge in [-0.2, -0.15) is 0 Å². The van der Waals surface area contributed by atoms with E-state index in [4.69, 9.17) is 9.16 Å². The van der Waals surface area contributed by atoms with Crippen LogP contribution in [0.3, 0.4) is 0 Å². The van der Waals surface area contributed by atoms with Gasteiger partial charge in [0.15, 0.2) is 0 Å². The van der Waals surface area contributed by atoms with Crippen LogP contribution in [-0.2, 0) is 15.8 Å². The van der Waals surface area contributed by atoms with Gasteiger partial charge in [-0.25, -0.2) is 0 Å². The molecule has 0 spiro atoms. The summed E-state index contributed by atoms with van der Waals surface area (Å²) in [5.41, 5.74) is 1.04. The summed E-state index contributed by atoms with van der Waals surface area (Å²) in [4.78, 5) is 0. The highest BCUT2D eigenvalue weighted by atomic mass is 28.4. The van der Waals surface area contributed by atoms with Crippen molar-refractivity contribution in [3.05, 3.63) is 96.6 Å². The highest BCUT2D eigenvalue weighted by molar-refractivity contribution is 6.99. The molecule has 0 aliphatic heterocycles. The zero-order chi connectivity index (χ0) is 24.4. The van der Waals surface area contributed by atoms with Crippen LogP contribution in [0, 0.1) is 0 Å². The van der Waals surface area contributed by atoms with E-state index in [2.05, 4.69) is 69.3 Å². The quantitative estimate of drug-likeness (QED) is 0.301. The fraction of sp³-hybridized carbons (Fsp3) is 0.379.